The van der Waals surface area contributed by atoms with E-state index in [1.165, 1.54) is 6.21 Å². The molecular weight excluding hydrogens is 352 g/mol. The van der Waals surface area contributed by atoms with Crippen LogP contribution < -0.4 is 15.0 Å². The summed E-state index contributed by atoms with van der Waals surface area (Å²) in [6.07, 6.45) is 7.10. The van der Waals surface area contributed by atoms with Crippen LogP contribution >= 0.6 is 0 Å². The molecule has 1 aromatic carbocycles. The summed E-state index contributed by atoms with van der Waals surface area (Å²) in [6.45, 7) is 6.53. The van der Waals surface area contributed by atoms with Gasteiger partial charge in [-0.25, -0.2) is 9.97 Å². The Bertz CT molecular complexity index is 981. The summed E-state index contributed by atoms with van der Waals surface area (Å²) >= 11 is 0. The minimum Gasteiger partial charge on any atom is -0.491 e. The van der Waals surface area contributed by atoms with Gasteiger partial charge >= 0.3 is 0 Å². The van der Waals surface area contributed by atoms with Crippen molar-refractivity contribution < 1.29 is 4.74 Å². The van der Waals surface area contributed by atoms with Crippen LogP contribution in [0.2, 0.25) is 0 Å². The number of hydrogen-bond acceptors (Lipinski definition) is 6. The van der Waals surface area contributed by atoms with E-state index in [-0.39, 0.29) is 6.10 Å². The molecule has 0 fully saturated rings. The Kier molecular flexibility index (Phi) is 4.97. The molecule has 0 unspecified atom stereocenters. The molecule has 0 aliphatic carbocycles. The second-order valence-corrected chi connectivity index (χ2v) is 7.05. The molecule has 0 spiro atoms. The van der Waals surface area contributed by atoms with Crippen molar-refractivity contribution in [2.45, 2.75) is 33.0 Å². The Labute approximate surface area is 164 Å². The summed E-state index contributed by atoms with van der Waals surface area (Å²) in [6, 6.07) is 9.66. The normalized spacial score (nSPS) is 13.3. The van der Waals surface area contributed by atoms with Crippen LogP contribution in [0.5, 0.6) is 5.75 Å². The van der Waals surface area contributed by atoms with Gasteiger partial charge in [0.1, 0.15) is 17.4 Å². The van der Waals surface area contributed by atoms with E-state index >= 15 is 0 Å². The number of rotatable bonds is 6. The van der Waals surface area contributed by atoms with Crippen molar-refractivity contribution in [2.24, 2.45) is 0 Å². The zero-order valence-electron chi connectivity index (χ0n) is 16.1. The lowest BCUT2D eigenvalue weighted by molar-refractivity contribution is 0.242. The average molecular weight is 376 g/mol. The van der Waals surface area contributed by atoms with Crippen molar-refractivity contribution >= 4 is 23.4 Å². The number of anilines is 3. The van der Waals surface area contributed by atoms with Gasteiger partial charge in [-0.2, -0.15) is 0 Å². The van der Waals surface area contributed by atoms with E-state index in [1.807, 2.05) is 56.6 Å². The zero-order chi connectivity index (χ0) is 19.5. The Balaban J connectivity index is 1.56. The Hall–Kier alpha value is -3.35. The van der Waals surface area contributed by atoms with Gasteiger partial charge in [0, 0.05) is 61.3 Å². The van der Waals surface area contributed by atoms with Crippen molar-refractivity contribution in [1.29, 1.82) is 5.41 Å². The maximum atomic E-state index is 7.68. The summed E-state index contributed by atoms with van der Waals surface area (Å²) in [7, 11) is 0. The second-order valence-electron chi connectivity index (χ2n) is 7.05. The number of ether oxygens (including phenoxy) is 1. The molecule has 0 saturated carbocycles. The Morgan fingerprint density at radius 2 is 2.04 bits per heavy atom. The largest absolute Gasteiger partial charge is 0.491 e. The molecule has 144 valence electrons. The highest BCUT2D eigenvalue weighted by Crippen LogP contribution is 2.28. The van der Waals surface area contributed by atoms with Crippen LogP contribution in [-0.4, -0.2) is 33.4 Å². The lowest BCUT2D eigenvalue weighted by atomic mass is 10.1. The van der Waals surface area contributed by atoms with E-state index in [1.54, 1.807) is 6.20 Å². The number of aromatic nitrogens is 3. The molecule has 2 aromatic heterocycles. The number of fused-ring (bicyclic) bond motifs is 1. The molecule has 2 N–H and O–H groups in total. The van der Waals surface area contributed by atoms with Gasteiger partial charge in [-0.3, -0.25) is 0 Å². The minimum absolute atomic E-state index is 0.0952. The lowest BCUT2D eigenvalue weighted by Gasteiger charge is -2.28. The Morgan fingerprint density at radius 1 is 1.14 bits per heavy atom. The minimum atomic E-state index is 0.0952. The SMILES string of the molecule is CC(C)Oc1ccc(C=N)c(Nc2ccnc(N3CCn4ccnc4C3)c2)c1. The lowest BCUT2D eigenvalue weighted by Crippen LogP contribution is -2.34. The molecular formula is C21H24N6O. The predicted molar refractivity (Wildman–Crippen MR) is 111 cm³/mol. The predicted octanol–water partition coefficient (Wildman–Crippen LogP) is 3.83. The topological polar surface area (TPSA) is 79.1 Å². The molecule has 28 heavy (non-hydrogen) atoms. The molecule has 0 saturated heterocycles. The third kappa shape index (κ3) is 3.83. The van der Waals surface area contributed by atoms with Gasteiger partial charge in [0.05, 0.1) is 18.3 Å². The number of benzene rings is 1. The summed E-state index contributed by atoms with van der Waals surface area (Å²) in [4.78, 5) is 11.2. The van der Waals surface area contributed by atoms with Gasteiger partial charge in [-0.1, -0.05) is 0 Å². The highest BCUT2D eigenvalue weighted by Gasteiger charge is 2.18. The smallest absolute Gasteiger partial charge is 0.131 e. The summed E-state index contributed by atoms with van der Waals surface area (Å²) in [5.41, 5.74) is 2.55. The maximum Gasteiger partial charge on any atom is 0.131 e. The second kappa shape index (κ2) is 7.72. The van der Waals surface area contributed by atoms with Crippen LogP contribution in [0.15, 0.2) is 48.9 Å². The molecule has 0 atom stereocenters. The molecule has 0 radical (unpaired) electrons. The van der Waals surface area contributed by atoms with E-state index in [4.69, 9.17) is 10.1 Å². The Morgan fingerprint density at radius 3 is 2.86 bits per heavy atom. The fourth-order valence-corrected chi connectivity index (χ4v) is 3.31. The molecule has 3 heterocycles. The quantitative estimate of drug-likeness (QED) is 0.639. The first-order chi connectivity index (χ1) is 13.6. The fourth-order valence-electron chi connectivity index (χ4n) is 3.31. The van der Waals surface area contributed by atoms with Gasteiger partial charge in [0.2, 0.25) is 0 Å². The summed E-state index contributed by atoms with van der Waals surface area (Å²) in [5.74, 6) is 2.74. The zero-order valence-corrected chi connectivity index (χ0v) is 16.1. The summed E-state index contributed by atoms with van der Waals surface area (Å²) < 4.78 is 7.97. The van der Waals surface area contributed by atoms with Crippen LogP contribution in [-0.2, 0) is 13.1 Å². The molecule has 0 bridgehead atoms. The first-order valence-corrected chi connectivity index (χ1v) is 9.41. The van der Waals surface area contributed by atoms with Crippen molar-refractivity contribution in [3.8, 4) is 5.75 Å². The van der Waals surface area contributed by atoms with E-state index in [9.17, 15) is 0 Å². The van der Waals surface area contributed by atoms with Crippen LogP contribution in [0.1, 0.15) is 25.2 Å². The number of hydrogen-bond donors (Lipinski definition) is 2. The highest BCUT2D eigenvalue weighted by atomic mass is 16.5. The molecule has 4 rings (SSSR count). The van der Waals surface area contributed by atoms with Crippen LogP contribution in [0, 0.1) is 5.41 Å². The number of pyridine rings is 1. The monoisotopic (exact) mass is 376 g/mol. The van der Waals surface area contributed by atoms with Crippen molar-refractivity contribution in [2.75, 3.05) is 16.8 Å². The standard InChI is InChI=1S/C21H24N6O/c1-15(2)28-18-4-3-16(13-22)19(12-18)25-17-5-6-23-20(11-17)27-10-9-26-8-7-24-21(26)14-27/h3-8,11-13,15,22H,9-10,14H2,1-2H3,(H,23,25). The average Bonchev–Trinajstić information content (AvgIpc) is 3.16. The first kappa shape index (κ1) is 18.0. The van der Waals surface area contributed by atoms with Crippen molar-refractivity contribution in [3.05, 3.63) is 60.3 Å². The van der Waals surface area contributed by atoms with Crippen molar-refractivity contribution in [1.82, 2.24) is 14.5 Å². The molecule has 7 heteroatoms. The third-order valence-electron chi connectivity index (χ3n) is 4.65. The van der Waals surface area contributed by atoms with Gasteiger partial charge in [-0.05, 0) is 32.0 Å². The first-order valence-electron chi connectivity index (χ1n) is 9.41. The van der Waals surface area contributed by atoms with Crippen LogP contribution in [0.3, 0.4) is 0 Å². The number of nitrogens with zero attached hydrogens (tertiary/aromatic N) is 4. The third-order valence-corrected chi connectivity index (χ3v) is 4.65. The molecule has 0 amide bonds. The van der Waals surface area contributed by atoms with E-state index in [0.29, 0.717) is 0 Å². The maximum absolute atomic E-state index is 7.68. The van der Waals surface area contributed by atoms with Crippen LogP contribution in [0.25, 0.3) is 0 Å². The van der Waals surface area contributed by atoms with Crippen molar-refractivity contribution in [3.63, 3.8) is 0 Å². The van der Waals surface area contributed by atoms with E-state index < -0.39 is 0 Å². The van der Waals surface area contributed by atoms with Gasteiger partial charge in [0.25, 0.3) is 0 Å². The molecule has 1 aliphatic heterocycles. The van der Waals surface area contributed by atoms with E-state index in [0.717, 1.165) is 54.0 Å². The number of nitrogens with one attached hydrogen (secondary N) is 2. The molecule has 7 nitrogen and oxygen atoms in total. The highest BCUT2D eigenvalue weighted by molar-refractivity contribution is 5.88. The van der Waals surface area contributed by atoms with E-state index in [2.05, 4.69) is 24.8 Å². The molecule has 3 aromatic rings. The van der Waals surface area contributed by atoms with Crippen LogP contribution in [0.4, 0.5) is 17.2 Å². The summed E-state index contributed by atoms with van der Waals surface area (Å²) in [5, 5.41) is 11.1. The number of imidazole rings is 1. The fraction of sp³-hybridized carbons (Fsp3) is 0.286. The van der Waals surface area contributed by atoms with Gasteiger partial charge < -0.3 is 24.9 Å². The molecule has 1 aliphatic rings. The van der Waals surface area contributed by atoms with Gasteiger partial charge in [0.15, 0.2) is 0 Å². The van der Waals surface area contributed by atoms with Gasteiger partial charge in [-0.15, -0.1) is 0 Å².